The zero-order valence-electron chi connectivity index (χ0n) is 12.6. The molecule has 0 spiro atoms. The van der Waals surface area contributed by atoms with Gasteiger partial charge in [-0.05, 0) is 18.2 Å². The van der Waals surface area contributed by atoms with Crippen molar-refractivity contribution in [1.29, 1.82) is 0 Å². The Balaban J connectivity index is 1.54. The Morgan fingerprint density at radius 3 is 2.44 bits per heavy atom. The third kappa shape index (κ3) is 2.54. The number of fused-ring (bicyclic) bond motifs is 2. The van der Waals surface area contributed by atoms with Crippen molar-refractivity contribution in [3.05, 3.63) is 63.7 Å². The van der Waals surface area contributed by atoms with Gasteiger partial charge in [-0.1, -0.05) is 23.9 Å². The molecule has 9 heteroatoms. The van der Waals surface area contributed by atoms with Gasteiger partial charge in [-0.15, -0.1) is 0 Å². The van der Waals surface area contributed by atoms with E-state index in [1.807, 2.05) is 0 Å². The van der Waals surface area contributed by atoms with Crippen LogP contribution in [0.1, 0.15) is 20.7 Å². The van der Waals surface area contributed by atoms with Crippen molar-refractivity contribution in [3.63, 3.8) is 0 Å². The van der Waals surface area contributed by atoms with Gasteiger partial charge in [0.2, 0.25) is 0 Å². The average molecular weight is 354 g/mol. The highest BCUT2D eigenvalue weighted by molar-refractivity contribution is 7.99. The van der Waals surface area contributed by atoms with Gasteiger partial charge in [-0.25, -0.2) is 4.98 Å². The topological polar surface area (TPSA) is 109 Å². The predicted octanol–water partition coefficient (Wildman–Crippen LogP) is 2.82. The third-order valence-corrected chi connectivity index (χ3v) is 4.72. The summed E-state index contributed by atoms with van der Waals surface area (Å²) in [5.74, 6) is -0.562. The summed E-state index contributed by atoms with van der Waals surface area (Å²) in [5.41, 5.74) is 1.87. The van der Waals surface area contributed by atoms with Crippen molar-refractivity contribution in [2.75, 3.05) is 5.88 Å². The fraction of sp³-hybridized carbons (Fsp3) is 0.0625. The molecule has 1 aliphatic rings. The fourth-order valence-corrected chi connectivity index (χ4v) is 3.47. The van der Waals surface area contributed by atoms with Gasteiger partial charge in [0.1, 0.15) is 0 Å². The van der Waals surface area contributed by atoms with Crippen LogP contribution in [0, 0.1) is 10.1 Å². The van der Waals surface area contributed by atoms with E-state index in [4.69, 9.17) is 0 Å². The number of thioether (sulfide) groups is 1. The molecule has 0 fully saturated rings. The SMILES string of the molecule is O=C1c2ccccc2C(=O)N1CSc1nc2ccc([N+](=O)[O-])cc2[nH]1. The molecule has 0 radical (unpaired) electrons. The standard InChI is InChI=1S/C16H10N4O4S/c21-14-10-3-1-2-4-11(10)15(22)19(14)8-25-16-17-12-6-5-9(20(23)24)7-13(12)18-16/h1-7H,8H2,(H,17,18). The van der Waals surface area contributed by atoms with E-state index < -0.39 is 4.92 Å². The van der Waals surface area contributed by atoms with Crippen molar-refractivity contribution < 1.29 is 14.5 Å². The summed E-state index contributed by atoms with van der Waals surface area (Å²) in [6.45, 7) is 0. The number of nitro groups is 1. The first-order chi connectivity index (χ1) is 12.0. The van der Waals surface area contributed by atoms with Gasteiger partial charge in [0.25, 0.3) is 17.5 Å². The van der Waals surface area contributed by atoms with Crippen LogP contribution in [-0.2, 0) is 0 Å². The van der Waals surface area contributed by atoms with Crippen LogP contribution in [0.2, 0.25) is 0 Å². The van der Waals surface area contributed by atoms with Crippen LogP contribution in [0.4, 0.5) is 5.69 Å². The number of hydrogen-bond donors (Lipinski definition) is 1. The highest BCUT2D eigenvalue weighted by atomic mass is 32.2. The number of nitrogens with one attached hydrogen (secondary N) is 1. The zero-order valence-corrected chi connectivity index (χ0v) is 13.4. The molecule has 25 heavy (non-hydrogen) atoms. The van der Waals surface area contributed by atoms with Crippen molar-refractivity contribution >= 4 is 40.3 Å². The van der Waals surface area contributed by atoms with E-state index in [0.29, 0.717) is 27.3 Å². The number of nitrogens with zero attached hydrogens (tertiary/aromatic N) is 3. The van der Waals surface area contributed by atoms with E-state index in [1.54, 1.807) is 30.3 Å². The normalized spacial score (nSPS) is 13.5. The fourth-order valence-electron chi connectivity index (χ4n) is 2.64. The molecule has 2 aromatic carbocycles. The average Bonchev–Trinajstić information content (AvgIpc) is 3.12. The van der Waals surface area contributed by atoms with Crippen LogP contribution in [0.5, 0.6) is 0 Å². The monoisotopic (exact) mass is 354 g/mol. The van der Waals surface area contributed by atoms with Crippen molar-refractivity contribution in [2.24, 2.45) is 0 Å². The highest BCUT2D eigenvalue weighted by Gasteiger charge is 2.35. The minimum absolute atomic E-state index is 0.0342. The molecule has 2 amide bonds. The Hall–Kier alpha value is -3.20. The Kier molecular flexibility index (Phi) is 3.50. The van der Waals surface area contributed by atoms with Crippen LogP contribution in [-0.4, -0.2) is 37.5 Å². The van der Waals surface area contributed by atoms with Gasteiger partial charge >= 0.3 is 0 Å². The van der Waals surface area contributed by atoms with Gasteiger partial charge in [0.15, 0.2) is 5.16 Å². The minimum Gasteiger partial charge on any atom is -0.333 e. The van der Waals surface area contributed by atoms with Gasteiger partial charge < -0.3 is 4.98 Å². The van der Waals surface area contributed by atoms with Crippen LogP contribution < -0.4 is 0 Å². The summed E-state index contributed by atoms with van der Waals surface area (Å²) in [6.07, 6.45) is 0. The molecular formula is C16H10N4O4S. The first-order valence-corrected chi connectivity index (χ1v) is 8.25. The van der Waals surface area contributed by atoms with Crippen molar-refractivity contribution in [3.8, 4) is 0 Å². The maximum Gasteiger partial charge on any atom is 0.271 e. The lowest BCUT2D eigenvalue weighted by Gasteiger charge is -2.11. The zero-order chi connectivity index (χ0) is 17.6. The molecule has 0 saturated carbocycles. The Bertz CT molecular complexity index is 1010. The lowest BCUT2D eigenvalue weighted by atomic mass is 10.1. The van der Waals surface area contributed by atoms with Gasteiger partial charge in [-0.2, -0.15) is 0 Å². The second-order valence-electron chi connectivity index (χ2n) is 5.36. The van der Waals surface area contributed by atoms with Crippen molar-refractivity contribution in [2.45, 2.75) is 5.16 Å². The lowest BCUT2D eigenvalue weighted by molar-refractivity contribution is -0.384. The number of amides is 2. The third-order valence-electron chi connectivity index (χ3n) is 3.86. The summed E-state index contributed by atoms with van der Waals surface area (Å²) in [7, 11) is 0. The van der Waals surface area contributed by atoms with E-state index in [1.165, 1.54) is 23.9 Å². The number of aromatic amines is 1. The maximum atomic E-state index is 12.3. The number of benzene rings is 2. The lowest BCUT2D eigenvalue weighted by Crippen LogP contribution is -2.29. The number of carbonyl (C=O) groups is 2. The highest BCUT2D eigenvalue weighted by Crippen LogP contribution is 2.27. The van der Waals surface area contributed by atoms with E-state index in [2.05, 4.69) is 9.97 Å². The second kappa shape index (κ2) is 5.71. The Morgan fingerprint density at radius 2 is 1.80 bits per heavy atom. The quantitative estimate of drug-likeness (QED) is 0.334. The van der Waals surface area contributed by atoms with Crippen molar-refractivity contribution in [1.82, 2.24) is 14.9 Å². The van der Waals surface area contributed by atoms with E-state index >= 15 is 0 Å². The summed E-state index contributed by atoms with van der Waals surface area (Å²) in [4.78, 5) is 43.4. The minimum atomic E-state index is -0.480. The molecule has 1 aromatic heterocycles. The number of imide groups is 1. The molecule has 0 atom stereocenters. The molecule has 0 aliphatic carbocycles. The molecule has 0 unspecified atom stereocenters. The Labute approximate surface area is 145 Å². The smallest absolute Gasteiger partial charge is 0.271 e. The summed E-state index contributed by atoms with van der Waals surface area (Å²) in [6, 6.07) is 11.0. The van der Waals surface area contributed by atoms with E-state index in [0.717, 1.165) is 4.90 Å². The predicted molar refractivity (Wildman–Crippen MR) is 90.4 cm³/mol. The number of carbonyl (C=O) groups excluding carboxylic acids is 2. The molecule has 0 saturated heterocycles. The Morgan fingerprint density at radius 1 is 1.12 bits per heavy atom. The number of imidazole rings is 1. The van der Waals surface area contributed by atoms with Crippen LogP contribution in [0.3, 0.4) is 0 Å². The first-order valence-electron chi connectivity index (χ1n) is 7.27. The number of nitro benzene ring substituents is 1. The summed E-state index contributed by atoms with van der Waals surface area (Å²) < 4.78 is 0. The molecule has 2 heterocycles. The van der Waals surface area contributed by atoms with Crippen LogP contribution in [0.15, 0.2) is 47.6 Å². The number of H-pyrrole nitrogens is 1. The molecule has 124 valence electrons. The first kappa shape index (κ1) is 15.3. The molecule has 3 aromatic rings. The summed E-state index contributed by atoms with van der Waals surface area (Å²) >= 11 is 1.18. The molecular weight excluding hydrogens is 344 g/mol. The summed E-state index contributed by atoms with van der Waals surface area (Å²) in [5, 5.41) is 11.3. The van der Waals surface area contributed by atoms with Gasteiger partial charge in [0.05, 0.1) is 33.0 Å². The molecule has 8 nitrogen and oxygen atoms in total. The number of rotatable bonds is 4. The molecule has 1 aliphatic heterocycles. The van der Waals surface area contributed by atoms with Gasteiger partial charge in [-0.3, -0.25) is 24.6 Å². The van der Waals surface area contributed by atoms with Gasteiger partial charge in [0, 0.05) is 12.1 Å². The molecule has 4 rings (SSSR count). The molecule has 0 bridgehead atoms. The van der Waals surface area contributed by atoms with E-state index in [9.17, 15) is 19.7 Å². The van der Waals surface area contributed by atoms with Crippen LogP contribution >= 0.6 is 11.8 Å². The number of hydrogen-bond acceptors (Lipinski definition) is 6. The largest absolute Gasteiger partial charge is 0.333 e. The van der Waals surface area contributed by atoms with Crippen LogP contribution in [0.25, 0.3) is 11.0 Å². The number of aromatic nitrogens is 2. The van der Waals surface area contributed by atoms with E-state index in [-0.39, 0.29) is 23.4 Å². The second-order valence-corrected chi connectivity index (χ2v) is 6.29. The number of non-ortho nitro benzene ring substituents is 1. The maximum absolute atomic E-state index is 12.3. The molecule has 1 N–H and O–H groups in total.